The average molecular weight is 511 g/mol. The minimum Gasteiger partial charge on any atom is -0.478 e. The third-order valence-corrected chi connectivity index (χ3v) is 4.00. The van der Waals surface area contributed by atoms with Gasteiger partial charge in [-0.05, 0) is 37.1 Å². The standard InChI is InChI=1S/C15H9ClF10O6/c1-4-3-6(9(27)28)8(5(2)7(4)10(29)30)31-15(25,26)12(16,19)32-14(23,24)11(17,18)13(20,21)22/h3H,1-2H3,(H,27,28)(H,29,30). The predicted molar refractivity (Wildman–Crippen MR) is 82.1 cm³/mol. The van der Waals surface area contributed by atoms with Gasteiger partial charge in [-0.2, -0.15) is 43.9 Å². The van der Waals surface area contributed by atoms with Crippen LogP contribution in [-0.2, 0) is 4.74 Å². The van der Waals surface area contributed by atoms with Gasteiger partial charge in [0.05, 0.1) is 5.56 Å². The zero-order valence-electron chi connectivity index (χ0n) is 15.3. The molecular weight excluding hydrogens is 502 g/mol. The molecule has 0 aliphatic carbocycles. The van der Waals surface area contributed by atoms with Crippen molar-refractivity contribution in [3.05, 3.63) is 28.3 Å². The molecule has 0 aliphatic heterocycles. The summed E-state index contributed by atoms with van der Waals surface area (Å²) in [6, 6.07) is 0.436. The lowest BCUT2D eigenvalue weighted by molar-refractivity contribution is -0.469. The molecule has 0 spiro atoms. The highest BCUT2D eigenvalue weighted by Gasteiger charge is 2.78. The van der Waals surface area contributed by atoms with Crippen LogP contribution in [0.4, 0.5) is 43.9 Å². The molecule has 0 saturated carbocycles. The van der Waals surface area contributed by atoms with Crippen LogP contribution in [0.25, 0.3) is 0 Å². The van der Waals surface area contributed by atoms with E-state index >= 15 is 0 Å². The van der Waals surface area contributed by atoms with Crippen molar-refractivity contribution in [1.82, 2.24) is 0 Å². The van der Waals surface area contributed by atoms with Gasteiger partial charge in [0.1, 0.15) is 11.3 Å². The molecule has 0 amide bonds. The molecule has 1 unspecified atom stereocenters. The van der Waals surface area contributed by atoms with E-state index < -0.39 is 64.0 Å². The molecule has 0 saturated heterocycles. The van der Waals surface area contributed by atoms with Gasteiger partial charge in [-0.3, -0.25) is 4.74 Å². The molecule has 182 valence electrons. The van der Waals surface area contributed by atoms with Crippen molar-refractivity contribution >= 4 is 23.5 Å². The molecule has 32 heavy (non-hydrogen) atoms. The van der Waals surface area contributed by atoms with Crippen LogP contribution in [0.1, 0.15) is 31.8 Å². The molecule has 0 fully saturated rings. The second kappa shape index (κ2) is 8.13. The fourth-order valence-corrected chi connectivity index (χ4v) is 2.36. The summed E-state index contributed by atoms with van der Waals surface area (Å²) in [6.07, 6.45) is -20.2. The number of rotatable bonds is 8. The van der Waals surface area contributed by atoms with Gasteiger partial charge in [-0.15, -0.1) is 0 Å². The van der Waals surface area contributed by atoms with Crippen LogP contribution in [0, 0.1) is 13.8 Å². The molecule has 0 bridgehead atoms. The van der Waals surface area contributed by atoms with Gasteiger partial charge < -0.3 is 14.9 Å². The molecule has 0 aliphatic rings. The van der Waals surface area contributed by atoms with Crippen molar-refractivity contribution in [3.8, 4) is 5.75 Å². The topological polar surface area (TPSA) is 93.1 Å². The predicted octanol–water partition coefficient (Wildman–Crippen LogP) is 5.34. The van der Waals surface area contributed by atoms with Gasteiger partial charge in [0.15, 0.2) is 0 Å². The molecule has 1 aromatic rings. The van der Waals surface area contributed by atoms with E-state index in [0.29, 0.717) is 13.0 Å². The lowest BCUT2D eigenvalue weighted by Gasteiger charge is -2.34. The Morgan fingerprint density at radius 1 is 0.875 bits per heavy atom. The van der Waals surface area contributed by atoms with E-state index in [1.165, 1.54) is 0 Å². The first-order chi connectivity index (χ1) is 14.0. The van der Waals surface area contributed by atoms with E-state index in [1.54, 1.807) is 0 Å². The van der Waals surface area contributed by atoms with E-state index in [0.717, 1.165) is 6.92 Å². The minimum absolute atomic E-state index is 0.340. The highest BCUT2D eigenvalue weighted by Crippen LogP contribution is 2.52. The van der Waals surface area contributed by atoms with Gasteiger partial charge in [0, 0.05) is 5.56 Å². The highest BCUT2D eigenvalue weighted by atomic mass is 35.5. The van der Waals surface area contributed by atoms with Crippen molar-refractivity contribution in [2.24, 2.45) is 0 Å². The number of hydrogen-bond acceptors (Lipinski definition) is 4. The summed E-state index contributed by atoms with van der Waals surface area (Å²) in [5, 5.41) is 12.2. The first-order valence-corrected chi connectivity index (χ1v) is 7.96. The number of carbonyl (C=O) groups is 2. The van der Waals surface area contributed by atoms with Crippen LogP contribution >= 0.6 is 11.6 Å². The second-order valence-corrected chi connectivity index (χ2v) is 6.49. The van der Waals surface area contributed by atoms with Crippen LogP contribution in [0.2, 0.25) is 0 Å². The van der Waals surface area contributed by atoms with Gasteiger partial charge in [0.25, 0.3) is 0 Å². The summed E-state index contributed by atoms with van der Waals surface area (Å²) in [4.78, 5) is 22.5. The number of halogens is 11. The summed E-state index contributed by atoms with van der Waals surface area (Å²) >= 11 is 4.33. The average Bonchev–Trinajstić information content (AvgIpc) is 2.54. The fourth-order valence-electron chi connectivity index (χ4n) is 2.22. The summed E-state index contributed by atoms with van der Waals surface area (Å²) < 4.78 is 136. The first-order valence-electron chi connectivity index (χ1n) is 7.58. The van der Waals surface area contributed by atoms with Crippen LogP contribution in [-0.4, -0.2) is 51.8 Å². The summed E-state index contributed by atoms with van der Waals surface area (Å²) in [6.45, 7) is 1.67. The van der Waals surface area contributed by atoms with Crippen LogP contribution in [0.3, 0.4) is 0 Å². The molecule has 2 N–H and O–H groups in total. The molecule has 1 rings (SSSR count). The Morgan fingerprint density at radius 2 is 1.34 bits per heavy atom. The van der Waals surface area contributed by atoms with Crippen molar-refractivity contribution < 1.29 is 73.2 Å². The normalized spacial score (nSPS) is 15.3. The second-order valence-electron chi connectivity index (χ2n) is 6.01. The van der Waals surface area contributed by atoms with E-state index in [-0.39, 0.29) is 5.56 Å². The zero-order chi connectivity index (χ0) is 25.7. The van der Waals surface area contributed by atoms with Gasteiger partial charge >= 0.3 is 41.6 Å². The fraction of sp³-hybridized carbons (Fsp3) is 0.467. The van der Waals surface area contributed by atoms with Gasteiger partial charge in [0.2, 0.25) is 0 Å². The molecule has 1 aromatic carbocycles. The van der Waals surface area contributed by atoms with E-state index in [9.17, 15) is 53.5 Å². The van der Waals surface area contributed by atoms with Crippen molar-refractivity contribution in [3.63, 3.8) is 0 Å². The maximum atomic E-state index is 14.1. The number of aromatic carboxylic acids is 2. The Kier molecular flexibility index (Phi) is 7.00. The Bertz CT molecular complexity index is 928. The number of hydrogen-bond donors (Lipinski definition) is 2. The molecule has 0 heterocycles. The number of ether oxygens (including phenoxy) is 2. The summed E-state index contributed by atoms with van der Waals surface area (Å²) in [5.74, 6) is -12.8. The molecule has 1 atom stereocenters. The molecule has 6 nitrogen and oxygen atoms in total. The number of carboxylic acids is 2. The van der Waals surface area contributed by atoms with Gasteiger partial charge in [-0.1, -0.05) is 0 Å². The van der Waals surface area contributed by atoms with Crippen molar-refractivity contribution in [2.45, 2.75) is 43.5 Å². The Labute approximate surface area is 175 Å². The van der Waals surface area contributed by atoms with Gasteiger partial charge in [-0.25, -0.2) is 9.59 Å². The number of carboxylic acid groups (broad SMARTS) is 2. The lowest BCUT2D eigenvalue weighted by atomic mass is 9.97. The molecular formula is C15H9ClF10O6. The quantitative estimate of drug-likeness (QED) is 0.362. The van der Waals surface area contributed by atoms with Crippen molar-refractivity contribution in [2.75, 3.05) is 0 Å². The maximum absolute atomic E-state index is 14.1. The highest BCUT2D eigenvalue weighted by molar-refractivity contribution is 6.22. The smallest absolute Gasteiger partial charge is 0.476 e. The largest absolute Gasteiger partial charge is 0.478 e. The van der Waals surface area contributed by atoms with Crippen LogP contribution < -0.4 is 4.74 Å². The number of benzene rings is 1. The summed E-state index contributed by atoms with van der Waals surface area (Å²) in [7, 11) is 0. The molecule has 17 heteroatoms. The zero-order valence-corrected chi connectivity index (χ0v) is 16.0. The molecule has 0 aromatic heterocycles. The maximum Gasteiger partial charge on any atom is 0.476 e. The summed E-state index contributed by atoms with van der Waals surface area (Å²) in [5.41, 5.74) is -3.43. The van der Waals surface area contributed by atoms with Crippen LogP contribution in [0.15, 0.2) is 6.07 Å². The van der Waals surface area contributed by atoms with E-state index in [4.69, 9.17) is 10.2 Å². The third kappa shape index (κ3) is 4.79. The van der Waals surface area contributed by atoms with Crippen LogP contribution in [0.5, 0.6) is 5.75 Å². The van der Waals surface area contributed by atoms with Crippen molar-refractivity contribution in [1.29, 1.82) is 0 Å². The minimum atomic E-state index is -7.20. The lowest BCUT2D eigenvalue weighted by Crippen LogP contribution is -2.59. The molecule has 0 radical (unpaired) electrons. The number of alkyl halides is 11. The monoisotopic (exact) mass is 510 g/mol. The number of aryl methyl sites for hydroxylation is 1. The SMILES string of the molecule is Cc1cc(C(=O)O)c(OC(F)(F)C(F)(Cl)OC(F)(F)C(F)(F)C(F)(F)F)c(C)c1C(=O)O. The Hall–Kier alpha value is -2.49. The first kappa shape index (κ1) is 27.5. The van der Waals surface area contributed by atoms with E-state index in [1.807, 2.05) is 0 Å². The van der Waals surface area contributed by atoms with E-state index in [2.05, 4.69) is 21.1 Å². The Morgan fingerprint density at radius 3 is 1.72 bits per heavy atom. The third-order valence-electron chi connectivity index (χ3n) is 3.71. The Balaban J connectivity index is 3.54.